The number of aromatic nitrogens is 1. The van der Waals surface area contributed by atoms with Gasteiger partial charge in [0.15, 0.2) is 6.04 Å². The first-order chi connectivity index (χ1) is 29.0. The Bertz CT molecular complexity index is 2440. The molecule has 0 radical (unpaired) electrons. The normalized spacial score (nSPS) is 14.7. The monoisotopic (exact) mass is 829 g/mol. The molecule has 2 unspecified atom stereocenters. The molecule has 0 bridgehead atoms. The minimum absolute atomic E-state index is 0.00406. The number of carbonyl (C=O) groups is 4. The van der Waals surface area contributed by atoms with Crippen LogP contribution in [0.3, 0.4) is 0 Å². The standard InChI is InChI=1S/C46H44ClN5O8/c1-3-38(51-28-41(59-2)37(24-42(51)53)36-23-34(47)19-16-33(36)25-48)43(54)49-35-20-17-32(18-21-35)46(58)60-29-40(45(56)57)52(27-31-13-8-5-9-14-31)44(55)39-15-10-22-50(39)26-30-11-6-4-7-12-30/h4-9,11-14,16-21,23-24,28,38-40H,3,10,15,22,26-27,29H2,1-2H3,(H,49,54)(H,56,57)/t38?,39?,40-/m0/s1. The first kappa shape index (κ1) is 42.8. The van der Waals surface area contributed by atoms with Crippen LogP contribution in [0.4, 0.5) is 5.69 Å². The number of hydrogen-bond acceptors (Lipinski definition) is 9. The van der Waals surface area contributed by atoms with Crippen molar-refractivity contribution in [2.45, 2.75) is 57.4 Å². The lowest BCUT2D eigenvalue weighted by Crippen LogP contribution is -2.53. The number of amides is 2. The number of carboxylic acids is 1. The Morgan fingerprint density at radius 2 is 1.63 bits per heavy atom. The highest BCUT2D eigenvalue weighted by Gasteiger charge is 2.39. The Hall–Kier alpha value is -6.75. The first-order valence-electron chi connectivity index (χ1n) is 19.4. The van der Waals surface area contributed by atoms with Crippen molar-refractivity contribution >= 4 is 41.0 Å². The predicted molar refractivity (Wildman–Crippen MR) is 225 cm³/mol. The molecule has 1 saturated heterocycles. The third-order valence-corrected chi connectivity index (χ3v) is 10.7. The molecule has 1 aliphatic heterocycles. The molecule has 4 aromatic carbocycles. The zero-order valence-electron chi connectivity index (χ0n) is 33.1. The van der Waals surface area contributed by atoms with Crippen molar-refractivity contribution < 1.29 is 33.8 Å². The molecule has 2 heterocycles. The number of nitriles is 1. The molecule has 0 aliphatic carbocycles. The summed E-state index contributed by atoms with van der Waals surface area (Å²) in [7, 11) is 1.41. The zero-order valence-corrected chi connectivity index (χ0v) is 33.9. The van der Waals surface area contributed by atoms with Crippen LogP contribution < -0.4 is 15.6 Å². The Kier molecular flexibility index (Phi) is 14.1. The van der Waals surface area contributed by atoms with Crippen molar-refractivity contribution in [3.63, 3.8) is 0 Å². The smallest absolute Gasteiger partial charge is 0.338 e. The van der Waals surface area contributed by atoms with Gasteiger partial charge in [-0.15, -0.1) is 0 Å². The third kappa shape index (κ3) is 10.1. The lowest BCUT2D eigenvalue weighted by atomic mass is 10.00. The Morgan fingerprint density at radius 3 is 2.27 bits per heavy atom. The quantitative estimate of drug-likeness (QED) is 0.0993. The maximum atomic E-state index is 14.3. The maximum absolute atomic E-state index is 14.3. The number of nitrogens with one attached hydrogen (secondary N) is 1. The van der Waals surface area contributed by atoms with E-state index in [1.165, 1.54) is 53.1 Å². The molecule has 2 N–H and O–H groups in total. The Morgan fingerprint density at radius 1 is 0.950 bits per heavy atom. The van der Waals surface area contributed by atoms with Crippen LogP contribution in [0, 0.1) is 11.3 Å². The second-order valence-corrected chi connectivity index (χ2v) is 14.7. The van der Waals surface area contributed by atoms with Gasteiger partial charge in [0, 0.05) is 41.0 Å². The summed E-state index contributed by atoms with van der Waals surface area (Å²) in [6.45, 7) is 2.37. The molecule has 1 fully saturated rings. The van der Waals surface area contributed by atoms with E-state index in [1.807, 2.05) is 60.7 Å². The number of nitrogens with zero attached hydrogens (tertiary/aromatic N) is 4. The molecule has 14 heteroatoms. The number of likely N-dealkylation sites (tertiary alicyclic amines) is 1. The van der Waals surface area contributed by atoms with E-state index in [-0.39, 0.29) is 30.2 Å². The second-order valence-electron chi connectivity index (χ2n) is 14.3. The second kappa shape index (κ2) is 19.8. The molecule has 2 amide bonds. The van der Waals surface area contributed by atoms with Crippen LogP contribution in [0.5, 0.6) is 5.75 Å². The molecule has 308 valence electrons. The lowest BCUT2D eigenvalue weighted by Gasteiger charge is -2.34. The number of ether oxygens (including phenoxy) is 2. The van der Waals surface area contributed by atoms with Crippen LogP contribution in [0.25, 0.3) is 11.1 Å². The van der Waals surface area contributed by atoms with E-state index in [4.69, 9.17) is 21.1 Å². The van der Waals surface area contributed by atoms with Crippen LogP contribution in [-0.4, -0.2) is 75.6 Å². The van der Waals surface area contributed by atoms with Gasteiger partial charge in [0.05, 0.1) is 36.5 Å². The summed E-state index contributed by atoms with van der Waals surface area (Å²) in [5.74, 6) is -2.74. The van der Waals surface area contributed by atoms with Crippen LogP contribution in [-0.2, 0) is 32.2 Å². The minimum Gasteiger partial charge on any atom is -0.495 e. The van der Waals surface area contributed by atoms with Crippen LogP contribution >= 0.6 is 11.6 Å². The molecule has 0 saturated carbocycles. The SMILES string of the molecule is CCC(C(=O)Nc1ccc(C(=O)OC[C@@H](C(=O)O)N(Cc2ccccc2)C(=O)C2CCCN2Cc2ccccc2)cc1)n1cc(OC)c(-c2cc(Cl)ccc2C#N)cc1=O. The van der Waals surface area contributed by atoms with Gasteiger partial charge in [-0.25, -0.2) is 9.59 Å². The van der Waals surface area contributed by atoms with Gasteiger partial charge in [-0.3, -0.25) is 23.9 Å². The molecule has 13 nitrogen and oxygen atoms in total. The van der Waals surface area contributed by atoms with Gasteiger partial charge in [0.2, 0.25) is 11.8 Å². The fourth-order valence-corrected chi connectivity index (χ4v) is 7.54. The number of rotatable bonds is 16. The molecule has 3 atom stereocenters. The van der Waals surface area contributed by atoms with Crippen LogP contribution in [0.15, 0.2) is 120 Å². The van der Waals surface area contributed by atoms with Gasteiger partial charge >= 0.3 is 11.9 Å². The number of hydrogen-bond donors (Lipinski definition) is 2. The highest BCUT2D eigenvalue weighted by atomic mass is 35.5. The van der Waals surface area contributed by atoms with Crippen molar-refractivity contribution in [2.75, 3.05) is 25.6 Å². The molecule has 1 aliphatic rings. The van der Waals surface area contributed by atoms with E-state index in [0.29, 0.717) is 46.9 Å². The van der Waals surface area contributed by atoms with Gasteiger partial charge < -0.3 is 24.8 Å². The number of carbonyl (C=O) groups excluding carboxylic acids is 3. The van der Waals surface area contributed by atoms with E-state index in [2.05, 4.69) is 16.3 Å². The van der Waals surface area contributed by atoms with Gasteiger partial charge in [0.1, 0.15) is 18.4 Å². The molecule has 6 rings (SSSR count). The fourth-order valence-electron chi connectivity index (χ4n) is 7.36. The summed E-state index contributed by atoms with van der Waals surface area (Å²) >= 11 is 6.19. The average molecular weight is 830 g/mol. The summed E-state index contributed by atoms with van der Waals surface area (Å²) in [5.41, 5.74) is 2.72. The number of esters is 1. The van der Waals surface area contributed by atoms with Crippen molar-refractivity contribution in [1.82, 2.24) is 14.4 Å². The van der Waals surface area contributed by atoms with Crippen molar-refractivity contribution in [3.8, 4) is 22.9 Å². The number of pyridine rings is 1. The van der Waals surface area contributed by atoms with E-state index in [0.717, 1.165) is 17.5 Å². The zero-order chi connectivity index (χ0) is 42.8. The number of benzene rings is 4. The fraction of sp³-hybridized carbons (Fsp3) is 0.261. The topological polar surface area (TPSA) is 171 Å². The highest BCUT2D eigenvalue weighted by Crippen LogP contribution is 2.34. The van der Waals surface area contributed by atoms with Gasteiger partial charge in [-0.05, 0) is 79.4 Å². The summed E-state index contributed by atoms with van der Waals surface area (Å²) in [5, 5.41) is 23.2. The maximum Gasteiger partial charge on any atom is 0.338 e. The number of halogens is 1. The van der Waals surface area contributed by atoms with E-state index >= 15 is 0 Å². The van der Waals surface area contributed by atoms with E-state index < -0.39 is 48.1 Å². The Labute approximate surface area is 352 Å². The first-order valence-corrected chi connectivity index (χ1v) is 19.8. The van der Waals surface area contributed by atoms with Crippen LogP contribution in [0.2, 0.25) is 5.02 Å². The summed E-state index contributed by atoms with van der Waals surface area (Å²) < 4.78 is 12.4. The lowest BCUT2D eigenvalue weighted by molar-refractivity contribution is -0.155. The number of methoxy groups -OCH3 is 1. The largest absolute Gasteiger partial charge is 0.495 e. The number of aliphatic carboxylic acids is 1. The van der Waals surface area contributed by atoms with Gasteiger partial charge in [-0.1, -0.05) is 79.2 Å². The molecule has 5 aromatic rings. The summed E-state index contributed by atoms with van der Waals surface area (Å²) in [6, 6.07) is 29.7. The molecule has 1 aromatic heterocycles. The molecular formula is C46H44ClN5O8. The highest BCUT2D eigenvalue weighted by molar-refractivity contribution is 6.31. The predicted octanol–water partition coefficient (Wildman–Crippen LogP) is 6.94. The summed E-state index contributed by atoms with van der Waals surface area (Å²) in [6.07, 6.45) is 3.00. The average Bonchev–Trinajstić information content (AvgIpc) is 3.72. The van der Waals surface area contributed by atoms with Crippen molar-refractivity contribution in [2.24, 2.45) is 0 Å². The molecule has 0 spiro atoms. The molecule has 60 heavy (non-hydrogen) atoms. The summed E-state index contributed by atoms with van der Waals surface area (Å²) in [4.78, 5) is 70.7. The number of carboxylic acid groups (broad SMARTS) is 1. The third-order valence-electron chi connectivity index (χ3n) is 10.5. The van der Waals surface area contributed by atoms with E-state index in [9.17, 15) is 34.3 Å². The van der Waals surface area contributed by atoms with Gasteiger partial charge in [-0.2, -0.15) is 5.26 Å². The van der Waals surface area contributed by atoms with Crippen molar-refractivity contribution in [3.05, 3.63) is 153 Å². The minimum atomic E-state index is -1.47. The van der Waals surface area contributed by atoms with E-state index in [1.54, 1.807) is 25.1 Å². The number of anilines is 1. The van der Waals surface area contributed by atoms with Crippen molar-refractivity contribution in [1.29, 1.82) is 5.26 Å². The molecular weight excluding hydrogens is 786 g/mol. The van der Waals surface area contributed by atoms with Crippen LogP contribution in [0.1, 0.15) is 59.3 Å². The Balaban J connectivity index is 1.14. The van der Waals surface area contributed by atoms with Gasteiger partial charge in [0.25, 0.3) is 5.56 Å².